The molecule has 0 aromatic heterocycles. The number of ether oxygens (including phenoxy) is 1. The summed E-state index contributed by atoms with van der Waals surface area (Å²) < 4.78 is 5.62. The Morgan fingerprint density at radius 2 is 1.73 bits per heavy atom. The topological polar surface area (TPSA) is 26.3 Å². The highest BCUT2D eigenvalue weighted by molar-refractivity contribution is 5.87. The summed E-state index contributed by atoms with van der Waals surface area (Å²) in [4.78, 5) is 11.6. The average Bonchev–Trinajstić information content (AvgIpc) is 2.10. The number of rotatable bonds is 2. The van der Waals surface area contributed by atoms with Gasteiger partial charge in [0.1, 0.15) is 5.60 Å². The molecule has 0 amide bonds. The molecule has 0 spiro atoms. The molecule has 1 aliphatic carbocycles. The van der Waals surface area contributed by atoms with Crippen molar-refractivity contribution in [2.75, 3.05) is 0 Å². The molecule has 1 fully saturated rings. The maximum absolute atomic E-state index is 11.6. The van der Waals surface area contributed by atoms with Crippen molar-refractivity contribution < 1.29 is 9.53 Å². The highest BCUT2D eigenvalue weighted by atomic mass is 16.6. The SMILES string of the molecule is C=C(C)C(=O)OC1(C)CCCCC1(C)C. The van der Waals surface area contributed by atoms with Crippen LogP contribution in [0.3, 0.4) is 0 Å². The van der Waals surface area contributed by atoms with Crippen molar-refractivity contribution in [1.82, 2.24) is 0 Å². The summed E-state index contributed by atoms with van der Waals surface area (Å²) in [7, 11) is 0. The second kappa shape index (κ2) is 3.99. The predicted molar refractivity (Wildman–Crippen MR) is 61.6 cm³/mol. The first kappa shape index (κ1) is 12.3. The number of carbonyl (C=O) groups is 1. The molecule has 0 bridgehead atoms. The highest BCUT2D eigenvalue weighted by Crippen LogP contribution is 2.46. The van der Waals surface area contributed by atoms with Crippen LogP contribution in [0.1, 0.15) is 53.4 Å². The van der Waals surface area contributed by atoms with Gasteiger partial charge in [0.25, 0.3) is 0 Å². The fourth-order valence-electron chi connectivity index (χ4n) is 2.11. The van der Waals surface area contributed by atoms with Gasteiger partial charge in [0.15, 0.2) is 0 Å². The smallest absolute Gasteiger partial charge is 0.333 e. The number of esters is 1. The lowest BCUT2D eigenvalue weighted by Crippen LogP contribution is -2.48. The summed E-state index contributed by atoms with van der Waals surface area (Å²) in [6, 6.07) is 0. The van der Waals surface area contributed by atoms with E-state index >= 15 is 0 Å². The molecular weight excluding hydrogens is 188 g/mol. The Hall–Kier alpha value is -0.790. The van der Waals surface area contributed by atoms with Crippen molar-refractivity contribution in [2.45, 2.75) is 59.0 Å². The Bertz CT molecular complexity index is 278. The van der Waals surface area contributed by atoms with Gasteiger partial charge >= 0.3 is 5.97 Å². The zero-order valence-corrected chi connectivity index (χ0v) is 10.4. The Kier molecular flexibility index (Phi) is 3.27. The largest absolute Gasteiger partial charge is 0.455 e. The van der Waals surface area contributed by atoms with Gasteiger partial charge in [-0.2, -0.15) is 0 Å². The minimum atomic E-state index is -0.332. The summed E-state index contributed by atoms with van der Waals surface area (Å²) >= 11 is 0. The number of carbonyl (C=O) groups excluding carboxylic acids is 1. The molecule has 0 saturated heterocycles. The molecule has 1 atom stereocenters. The van der Waals surface area contributed by atoms with Gasteiger partial charge < -0.3 is 4.74 Å². The van der Waals surface area contributed by atoms with E-state index in [1.165, 1.54) is 6.42 Å². The molecule has 1 unspecified atom stereocenters. The van der Waals surface area contributed by atoms with Crippen LogP contribution in [0, 0.1) is 5.41 Å². The van der Waals surface area contributed by atoms with Gasteiger partial charge in [-0.3, -0.25) is 0 Å². The van der Waals surface area contributed by atoms with Crippen LogP contribution < -0.4 is 0 Å². The minimum absolute atomic E-state index is 0.0658. The molecule has 0 aromatic rings. The van der Waals surface area contributed by atoms with Gasteiger partial charge in [-0.1, -0.05) is 26.8 Å². The zero-order chi connectivity index (χ0) is 11.7. The van der Waals surface area contributed by atoms with Crippen molar-refractivity contribution in [3.05, 3.63) is 12.2 Å². The monoisotopic (exact) mass is 210 g/mol. The van der Waals surface area contributed by atoms with Crippen molar-refractivity contribution in [3.63, 3.8) is 0 Å². The fraction of sp³-hybridized carbons (Fsp3) is 0.769. The Balaban J connectivity index is 2.79. The molecule has 86 valence electrons. The summed E-state index contributed by atoms with van der Waals surface area (Å²) in [5, 5.41) is 0. The van der Waals surface area contributed by atoms with E-state index in [0.29, 0.717) is 5.57 Å². The van der Waals surface area contributed by atoms with E-state index in [-0.39, 0.29) is 17.0 Å². The van der Waals surface area contributed by atoms with Gasteiger partial charge in [-0.05, 0) is 33.1 Å². The van der Waals surface area contributed by atoms with Crippen LogP contribution in [0.4, 0.5) is 0 Å². The summed E-state index contributed by atoms with van der Waals surface area (Å²) in [5.74, 6) is -0.257. The van der Waals surface area contributed by atoms with Crippen LogP contribution in [-0.4, -0.2) is 11.6 Å². The van der Waals surface area contributed by atoms with E-state index in [1.807, 2.05) is 6.92 Å². The molecule has 15 heavy (non-hydrogen) atoms. The van der Waals surface area contributed by atoms with E-state index in [0.717, 1.165) is 19.3 Å². The normalized spacial score (nSPS) is 29.6. The molecule has 0 heterocycles. The minimum Gasteiger partial charge on any atom is -0.455 e. The lowest BCUT2D eigenvalue weighted by atomic mass is 9.66. The standard InChI is InChI=1S/C13H22O2/c1-10(2)11(14)15-13(5)9-7-6-8-12(13,3)4/h1,6-9H2,2-5H3. The molecule has 0 aliphatic heterocycles. The third-order valence-electron chi connectivity index (χ3n) is 3.80. The van der Waals surface area contributed by atoms with Crippen LogP contribution in [0.5, 0.6) is 0 Å². The quantitative estimate of drug-likeness (QED) is 0.515. The molecular formula is C13H22O2. The fourth-order valence-corrected chi connectivity index (χ4v) is 2.11. The first-order valence-electron chi connectivity index (χ1n) is 5.67. The second-order valence-electron chi connectivity index (χ2n) is 5.49. The Morgan fingerprint density at radius 1 is 1.20 bits per heavy atom. The number of hydrogen-bond donors (Lipinski definition) is 0. The Labute approximate surface area is 92.7 Å². The maximum Gasteiger partial charge on any atom is 0.333 e. The molecule has 0 N–H and O–H groups in total. The third kappa shape index (κ3) is 2.42. The molecule has 0 radical (unpaired) electrons. The van der Waals surface area contributed by atoms with Gasteiger partial charge in [0.2, 0.25) is 0 Å². The van der Waals surface area contributed by atoms with Crippen molar-refractivity contribution in [1.29, 1.82) is 0 Å². The van der Waals surface area contributed by atoms with E-state index in [1.54, 1.807) is 6.92 Å². The summed E-state index contributed by atoms with van der Waals surface area (Å²) in [5.41, 5.74) is 0.218. The van der Waals surface area contributed by atoms with Crippen LogP contribution in [-0.2, 0) is 9.53 Å². The van der Waals surface area contributed by atoms with Crippen LogP contribution >= 0.6 is 0 Å². The highest BCUT2D eigenvalue weighted by Gasteiger charge is 2.45. The lowest BCUT2D eigenvalue weighted by Gasteiger charge is -2.47. The predicted octanol–water partition coefficient (Wildman–Crippen LogP) is 3.46. The van der Waals surface area contributed by atoms with Gasteiger partial charge in [-0.25, -0.2) is 4.79 Å². The van der Waals surface area contributed by atoms with Gasteiger partial charge in [0.05, 0.1) is 0 Å². The molecule has 2 nitrogen and oxygen atoms in total. The van der Waals surface area contributed by atoms with Crippen molar-refractivity contribution in [3.8, 4) is 0 Å². The number of hydrogen-bond acceptors (Lipinski definition) is 2. The Morgan fingerprint density at radius 3 is 2.20 bits per heavy atom. The van der Waals surface area contributed by atoms with E-state index in [9.17, 15) is 4.79 Å². The van der Waals surface area contributed by atoms with Gasteiger partial charge in [-0.15, -0.1) is 0 Å². The van der Waals surface area contributed by atoms with E-state index in [2.05, 4.69) is 20.4 Å². The summed E-state index contributed by atoms with van der Waals surface area (Å²) in [6.45, 7) is 11.7. The van der Waals surface area contributed by atoms with E-state index < -0.39 is 0 Å². The van der Waals surface area contributed by atoms with Crippen molar-refractivity contribution >= 4 is 5.97 Å². The maximum atomic E-state index is 11.6. The molecule has 0 aromatic carbocycles. The van der Waals surface area contributed by atoms with Crippen LogP contribution in [0.25, 0.3) is 0 Å². The van der Waals surface area contributed by atoms with Crippen LogP contribution in [0.2, 0.25) is 0 Å². The average molecular weight is 210 g/mol. The first-order valence-corrected chi connectivity index (χ1v) is 5.67. The van der Waals surface area contributed by atoms with Crippen molar-refractivity contribution in [2.24, 2.45) is 5.41 Å². The van der Waals surface area contributed by atoms with Crippen LogP contribution in [0.15, 0.2) is 12.2 Å². The molecule has 1 aliphatic rings. The summed E-state index contributed by atoms with van der Waals surface area (Å²) in [6.07, 6.45) is 4.45. The lowest BCUT2D eigenvalue weighted by molar-refractivity contribution is -0.172. The second-order valence-corrected chi connectivity index (χ2v) is 5.49. The van der Waals surface area contributed by atoms with E-state index in [4.69, 9.17) is 4.74 Å². The zero-order valence-electron chi connectivity index (χ0n) is 10.4. The third-order valence-corrected chi connectivity index (χ3v) is 3.80. The molecule has 1 saturated carbocycles. The van der Waals surface area contributed by atoms with Gasteiger partial charge in [0, 0.05) is 11.0 Å². The molecule has 1 rings (SSSR count). The molecule has 2 heteroatoms. The first-order chi connectivity index (χ1) is 6.78.